The second-order valence-electron chi connectivity index (χ2n) is 8.48. The summed E-state index contributed by atoms with van der Waals surface area (Å²) in [4.78, 5) is 26.4. The van der Waals surface area contributed by atoms with Crippen molar-refractivity contribution < 1.29 is 9.21 Å². The molecule has 0 bridgehead atoms. The summed E-state index contributed by atoms with van der Waals surface area (Å²) in [5.74, 6) is 2.46. The molecule has 0 N–H and O–H groups in total. The molecule has 0 saturated carbocycles. The smallest absolute Gasteiger partial charge is 0.257 e. The van der Waals surface area contributed by atoms with E-state index in [0.29, 0.717) is 17.9 Å². The van der Waals surface area contributed by atoms with Crippen molar-refractivity contribution in [3.8, 4) is 0 Å². The molecule has 2 aliphatic heterocycles. The van der Waals surface area contributed by atoms with Gasteiger partial charge in [-0.3, -0.25) is 9.78 Å². The average Bonchev–Trinajstić information content (AvgIpc) is 3.12. The molecule has 3 aromatic rings. The number of hydrogen-bond donors (Lipinski definition) is 0. The van der Waals surface area contributed by atoms with E-state index >= 15 is 0 Å². The van der Waals surface area contributed by atoms with Gasteiger partial charge >= 0.3 is 0 Å². The average molecular weight is 402 g/mol. The number of benzene rings is 1. The highest BCUT2D eigenvalue weighted by molar-refractivity contribution is 5.95. The predicted molar refractivity (Wildman–Crippen MR) is 115 cm³/mol. The van der Waals surface area contributed by atoms with Gasteiger partial charge in [-0.05, 0) is 43.9 Å². The van der Waals surface area contributed by atoms with Gasteiger partial charge in [0, 0.05) is 44.0 Å². The van der Waals surface area contributed by atoms with E-state index in [-0.39, 0.29) is 11.3 Å². The summed E-state index contributed by atoms with van der Waals surface area (Å²) in [6.07, 6.45) is 7.23. The largest absolute Gasteiger partial charge is 0.466 e. The number of carbonyl (C=O) groups excluding carboxylic acids is 1. The highest BCUT2D eigenvalue weighted by Crippen LogP contribution is 2.42. The van der Waals surface area contributed by atoms with Gasteiger partial charge in [-0.15, -0.1) is 0 Å². The number of furan rings is 1. The molecule has 0 atom stereocenters. The van der Waals surface area contributed by atoms with E-state index in [1.54, 1.807) is 12.4 Å². The summed E-state index contributed by atoms with van der Waals surface area (Å²) in [6.45, 7) is 6.94. The normalized spacial score (nSPS) is 17.8. The van der Waals surface area contributed by atoms with Crippen molar-refractivity contribution in [3.05, 3.63) is 77.1 Å². The van der Waals surface area contributed by atoms with E-state index < -0.39 is 0 Å². The number of anilines is 1. The third-order valence-corrected chi connectivity index (χ3v) is 6.60. The van der Waals surface area contributed by atoms with Crippen LogP contribution in [0.15, 0.2) is 53.3 Å². The van der Waals surface area contributed by atoms with Crippen LogP contribution in [0.5, 0.6) is 0 Å². The summed E-state index contributed by atoms with van der Waals surface area (Å²) in [6, 6.07) is 10.5. The quantitative estimate of drug-likeness (QED) is 0.651. The van der Waals surface area contributed by atoms with Crippen LogP contribution in [0.2, 0.25) is 0 Å². The van der Waals surface area contributed by atoms with Gasteiger partial charge in [0.05, 0.1) is 11.8 Å². The fourth-order valence-corrected chi connectivity index (χ4v) is 5.09. The molecule has 6 nitrogen and oxygen atoms in total. The molecule has 4 heterocycles. The lowest BCUT2D eigenvalue weighted by Crippen LogP contribution is -2.53. The summed E-state index contributed by atoms with van der Waals surface area (Å²) in [5, 5.41) is 0. The van der Waals surface area contributed by atoms with Gasteiger partial charge in [-0.1, -0.05) is 24.3 Å². The second kappa shape index (κ2) is 7.27. The number of carbonyl (C=O) groups is 1. The number of hydrogen-bond acceptors (Lipinski definition) is 5. The van der Waals surface area contributed by atoms with Crippen LogP contribution in [-0.4, -0.2) is 40.4 Å². The van der Waals surface area contributed by atoms with Crippen molar-refractivity contribution in [3.63, 3.8) is 0 Å². The highest BCUT2D eigenvalue weighted by Gasteiger charge is 2.43. The summed E-state index contributed by atoms with van der Waals surface area (Å²) < 4.78 is 5.63. The number of rotatable bonds is 2. The van der Waals surface area contributed by atoms with Gasteiger partial charge in [0.1, 0.15) is 17.3 Å². The predicted octanol–water partition coefficient (Wildman–Crippen LogP) is 3.88. The Balaban J connectivity index is 1.44. The zero-order valence-electron chi connectivity index (χ0n) is 17.5. The van der Waals surface area contributed by atoms with E-state index in [1.807, 2.05) is 31.0 Å². The molecule has 30 heavy (non-hydrogen) atoms. The zero-order chi connectivity index (χ0) is 20.7. The van der Waals surface area contributed by atoms with Crippen LogP contribution in [-0.2, 0) is 12.0 Å². The Morgan fingerprint density at radius 3 is 2.63 bits per heavy atom. The maximum absolute atomic E-state index is 13.4. The maximum Gasteiger partial charge on any atom is 0.257 e. The summed E-state index contributed by atoms with van der Waals surface area (Å²) in [7, 11) is 0. The molecule has 0 aliphatic carbocycles. The molecule has 154 valence electrons. The minimum Gasteiger partial charge on any atom is -0.466 e. The van der Waals surface area contributed by atoms with Crippen LogP contribution >= 0.6 is 0 Å². The van der Waals surface area contributed by atoms with E-state index in [9.17, 15) is 4.79 Å². The Hall–Kier alpha value is -3.15. The van der Waals surface area contributed by atoms with E-state index in [4.69, 9.17) is 4.42 Å². The van der Waals surface area contributed by atoms with Crippen molar-refractivity contribution in [2.75, 3.05) is 24.5 Å². The molecule has 0 unspecified atom stereocenters. The van der Waals surface area contributed by atoms with Crippen LogP contribution in [0.25, 0.3) is 0 Å². The first-order valence-corrected chi connectivity index (χ1v) is 10.5. The number of aromatic nitrogens is 2. The first-order valence-electron chi connectivity index (χ1n) is 10.5. The lowest BCUT2D eigenvalue weighted by molar-refractivity contribution is 0.0646. The molecule has 0 radical (unpaired) electrons. The fourth-order valence-electron chi connectivity index (χ4n) is 5.09. The van der Waals surface area contributed by atoms with Gasteiger partial charge in [-0.25, -0.2) is 4.98 Å². The van der Waals surface area contributed by atoms with Crippen molar-refractivity contribution in [2.45, 2.75) is 38.6 Å². The maximum atomic E-state index is 13.4. The van der Waals surface area contributed by atoms with Crippen molar-refractivity contribution in [1.82, 2.24) is 14.9 Å². The molecule has 6 heteroatoms. The Bertz CT molecular complexity index is 1070. The van der Waals surface area contributed by atoms with Crippen LogP contribution in [0, 0.1) is 13.8 Å². The van der Waals surface area contributed by atoms with Crippen LogP contribution < -0.4 is 4.90 Å². The number of aryl methyl sites for hydroxylation is 2. The molecule has 1 fully saturated rings. The lowest BCUT2D eigenvalue weighted by Gasteiger charge is -2.48. The van der Waals surface area contributed by atoms with Gasteiger partial charge in [0.15, 0.2) is 0 Å². The number of amides is 1. The minimum atomic E-state index is -0.0318. The second-order valence-corrected chi connectivity index (χ2v) is 8.48. The van der Waals surface area contributed by atoms with Crippen molar-refractivity contribution in [2.24, 2.45) is 0 Å². The standard InChI is InChI=1S/C24H26N4O2/c1-17-13-20(18(2)30-17)23(29)28-15-19-5-3-4-6-21(19)24(16-28)7-11-27(12-8-24)22-14-25-9-10-26-22/h3-6,9-10,13-14H,7-8,11-12,15-16H2,1-2H3. The van der Waals surface area contributed by atoms with E-state index in [1.165, 1.54) is 11.1 Å². The van der Waals surface area contributed by atoms with Gasteiger partial charge in [0.25, 0.3) is 5.91 Å². The molecule has 2 aromatic heterocycles. The van der Waals surface area contributed by atoms with Crippen molar-refractivity contribution >= 4 is 11.7 Å². The molecule has 1 amide bonds. The van der Waals surface area contributed by atoms with Gasteiger partial charge in [0.2, 0.25) is 0 Å². The Morgan fingerprint density at radius 1 is 1.13 bits per heavy atom. The van der Waals surface area contributed by atoms with Crippen LogP contribution in [0.4, 0.5) is 5.82 Å². The Kier molecular flexibility index (Phi) is 4.57. The van der Waals surface area contributed by atoms with E-state index in [2.05, 4.69) is 39.1 Å². The first kappa shape index (κ1) is 18.9. The highest BCUT2D eigenvalue weighted by atomic mass is 16.3. The van der Waals surface area contributed by atoms with E-state index in [0.717, 1.165) is 44.1 Å². The monoisotopic (exact) mass is 402 g/mol. The molecule has 5 rings (SSSR count). The van der Waals surface area contributed by atoms with Gasteiger partial charge < -0.3 is 14.2 Å². The van der Waals surface area contributed by atoms with Crippen LogP contribution in [0.3, 0.4) is 0 Å². The number of fused-ring (bicyclic) bond motifs is 2. The third-order valence-electron chi connectivity index (χ3n) is 6.60. The molecule has 1 aromatic carbocycles. The minimum absolute atomic E-state index is 0.0318. The topological polar surface area (TPSA) is 62.5 Å². The molecule has 1 saturated heterocycles. The summed E-state index contributed by atoms with van der Waals surface area (Å²) in [5.41, 5.74) is 3.30. The SMILES string of the molecule is Cc1cc(C(=O)N2Cc3ccccc3C3(CCN(c4cnccn4)CC3)C2)c(C)o1. The zero-order valence-corrected chi connectivity index (χ0v) is 17.5. The Morgan fingerprint density at radius 2 is 1.93 bits per heavy atom. The van der Waals surface area contributed by atoms with Crippen LogP contribution in [0.1, 0.15) is 45.8 Å². The fraction of sp³-hybridized carbons (Fsp3) is 0.375. The molecule has 1 spiro atoms. The first-order chi connectivity index (χ1) is 14.6. The Labute approximate surface area is 176 Å². The third kappa shape index (κ3) is 3.16. The lowest BCUT2D eigenvalue weighted by atomic mass is 9.68. The number of piperidine rings is 1. The molecule has 2 aliphatic rings. The van der Waals surface area contributed by atoms with Crippen molar-refractivity contribution in [1.29, 1.82) is 0 Å². The number of nitrogens with zero attached hydrogens (tertiary/aromatic N) is 4. The van der Waals surface area contributed by atoms with Gasteiger partial charge in [-0.2, -0.15) is 0 Å². The molecular formula is C24H26N4O2. The molecular weight excluding hydrogens is 376 g/mol. The summed E-state index contributed by atoms with van der Waals surface area (Å²) >= 11 is 0.